The van der Waals surface area contributed by atoms with Gasteiger partial charge in [-0.15, -0.1) is 0 Å². The topological polar surface area (TPSA) is 96.6 Å². The number of aryl methyl sites for hydroxylation is 1. The van der Waals surface area contributed by atoms with Crippen LogP contribution in [0.2, 0.25) is 0 Å². The molecule has 0 aromatic carbocycles. The van der Waals surface area contributed by atoms with Gasteiger partial charge in [0.2, 0.25) is 0 Å². The molecule has 0 radical (unpaired) electrons. The average Bonchev–Trinajstić information content (AvgIpc) is 3.03. The zero-order chi connectivity index (χ0) is 21.0. The fourth-order valence-electron chi connectivity index (χ4n) is 3.27. The van der Waals surface area contributed by atoms with Crippen LogP contribution in [0.1, 0.15) is 70.9 Å². The van der Waals surface area contributed by atoms with Crippen LogP contribution in [-0.2, 0) is 6.42 Å². The summed E-state index contributed by atoms with van der Waals surface area (Å²) < 4.78 is 6.59. The van der Waals surface area contributed by atoms with E-state index in [2.05, 4.69) is 50.6 Å². The number of nitrogens with one attached hydrogen (secondary N) is 2. The Morgan fingerprint density at radius 2 is 2.07 bits per heavy atom. The van der Waals surface area contributed by atoms with Crippen molar-refractivity contribution >= 4 is 33.5 Å². The number of aromatic nitrogens is 1. The van der Waals surface area contributed by atoms with Crippen molar-refractivity contribution in [2.75, 3.05) is 6.54 Å². The first-order valence-corrected chi connectivity index (χ1v) is 10.5. The van der Waals surface area contributed by atoms with Gasteiger partial charge < -0.3 is 9.73 Å². The zero-order valence-corrected chi connectivity index (χ0v) is 18.4. The van der Waals surface area contributed by atoms with Crippen LogP contribution in [0.4, 0.5) is 0 Å². The van der Waals surface area contributed by atoms with Gasteiger partial charge in [-0.2, -0.15) is 5.10 Å². The minimum atomic E-state index is -0.341. The molecule has 7 nitrogen and oxygen atoms in total. The molecule has 0 aliphatic heterocycles. The van der Waals surface area contributed by atoms with Crippen LogP contribution in [0.5, 0.6) is 0 Å². The van der Waals surface area contributed by atoms with Crippen LogP contribution in [0.25, 0.3) is 0 Å². The maximum absolute atomic E-state index is 12.5. The van der Waals surface area contributed by atoms with Crippen LogP contribution in [0, 0.1) is 12.8 Å². The molecule has 1 aliphatic rings. The van der Waals surface area contributed by atoms with E-state index in [1.165, 1.54) is 6.20 Å². The molecule has 2 aromatic heterocycles. The molecule has 1 aliphatic carbocycles. The van der Waals surface area contributed by atoms with Crippen molar-refractivity contribution in [3.05, 3.63) is 51.1 Å². The molecule has 0 unspecified atom stereocenters. The summed E-state index contributed by atoms with van der Waals surface area (Å²) in [4.78, 5) is 28.9. The fraction of sp³-hybridized carbons (Fsp3) is 0.429. The molecular weight excluding hydrogens is 436 g/mol. The molecule has 2 N–H and O–H groups in total. The second-order valence-corrected chi connectivity index (χ2v) is 8.45. The highest BCUT2D eigenvalue weighted by atomic mass is 79.9. The maximum Gasteiger partial charge on any atom is 0.287 e. The molecule has 154 valence electrons. The van der Waals surface area contributed by atoms with Crippen LogP contribution in [-0.4, -0.2) is 29.1 Å². The molecule has 8 heteroatoms. The first-order valence-electron chi connectivity index (χ1n) is 9.75. The molecule has 0 saturated heterocycles. The van der Waals surface area contributed by atoms with E-state index >= 15 is 0 Å². The van der Waals surface area contributed by atoms with Crippen molar-refractivity contribution in [1.29, 1.82) is 0 Å². The Labute approximate surface area is 178 Å². The first-order chi connectivity index (χ1) is 13.9. The third-order valence-corrected chi connectivity index (χ3v) is 5.23. The number of pyridine rings is 1. The Morgan fingerprint density at radius 3 is 2.79 bits per heavy atom. The van der Waals surface area contributed by atoms with E-state index in [4.69, 9.17) is 4.42 Å². The molecule has 29 heavy (non-hydrogen) atoms. The number of carbonyl (C=O) groups is 2. The van der Waals surface area contributed by atoms with Gasteiger partial charge in [0.1, 0.15) is 5.76 Å². The monoisotopic (exact) mass is 460 g/mol. The Bertz CT molecular complexity index is 949. The Morgan fingerprint density at radius 1 is 1.28 bits per heavy atom. The van der Waals surface area contributed by atoms with Gasteiger partial charge in [0.05, 0.1) is 11.3 Å². The number of hydrogen-bond acceptors (Lipinski definition) is 5. The predicted octanol–water partition coefficient (Wildman–Crippen LogP) is 3.99. The van der Waals surface area contributed by atoms with Gasteiger partial charge in [-0.1, -0.05) is 13.8 Å². The van der Waals surface area contributed by atoms with Crippen LogP contribution in [0.15, 0.2) is 32.5 Å². The van der Waals surface area contributed by atoms with E-state index in [0.29, 0.717) is 30.2 Å². The number of carbonyl (C=O) groups excluding carboxylic acids is 2. The number of amides is 2. The fourth-order valence-corrected chi connectivity index (χ4v) is 3.64. The van der Waals surface area contributed by atoms with Crippen LogP contribution >= 0.6 is 15.9 Å². The number of rotatable bonds is 6. The second kappa shape index (κ2) is 9.35. The second-order valence-electron chi connectivity index (χ2n) is 7.54. The quantitative estimate of drug-likeness (QED) is 0.636. The lowest BCUT2D eigenvalue weighted by Gasteiger charge is -2.13. The summed E-state index contributed by atoms with van der Waals surface area (Å²) in [6.45, 7) is 6.70. The molecule has 0 atom stereocenters. The summed E-state index contributed by atoms with van der Waals surface area (Å²) in [6.07, 6.45) is 6.31. The minimum Gasteiger partial charge on any atom is -0.455 e. The van der Waals surface area contributed by atoms with E-state index in [1.54, 1.807) is 12.3 Å². The van der Waals surface area contributed by atoms with E-state index < -0.39 is 0 Å². The van der Waals surface area contributed by atoms with Gasteiger partial charge in [-0.3, -0.25) is 14.6 Å². The normalized spacial score (nSPS) is 14.7. The third-order valence-electron chi connectivity index (χ3n) is 4.80. The lowest BCUT2D eigenvalue weighted by molar-refractivity contribution is 0.0920. The van der Waals surface area contributed by atoms with E-state index in [1.807, 2.05) is 6.92 Å². The van der Waals surface area contributed by atoms with Gasteiger partial charge in [0.15, 0.2) is 5.76 Å². The smallest absolute Gasteiger partial charge is 0.287 e. The van der Waals surface area contributed by atoms with E-state index in [9.17, 15) is 9.59 Å². The van der Waals surface area contributed by atoms with Crippen molar-refractivity contribution in [2.24, 2.45) is 11.0 Å². The van der Waals surface area contributed by atoms with E-state index in [-0.39, 0.29) is 11.8 Å². The summed E-state index contributed by atoms with van der Waals surface area (Å²) >= 11 is 3.30. The molecule has 3 rings (SSSR count). The molecule has 0 saturated carbocycles. The summed E-state index contributed by atoms with van der Waals surface area (Å²) in [5.41, 5.74) is 5.33. The summed E-state index contributed by atoms with van der Waals surface area (Å²) in [7, 11) is 0. The minimum absolute atomic E-state index is 0.207. The van der Waals surface area contributed by atoms with Gasteiger partial charge in [-0.05, 0) is 54.1 Å². The lowest BCUT2D eigenvalue weighted by atomic mass is 9.93. The Hall–Kier alpha value is -2.48. The molecule has 2 amide bonds. The molecule has 2 aromatic rings. The first kappa shape index (κ1) is 21.2. The summed E-state index contributed by atoms with van der Waals surface area (Å²) in [6, 6.07) is 1.68. The van der Waals surface area contributed by atoms with Gasteiger partial charge in [-0.25, -0.2) is 5.43 Å². The van der Waals surface area contributed by atoms with E-state index in [0.717, 1.165) is 46.3 Å². The molecule has 0 spiro atoms. The highest BCUT2D eigenvalue weighted by molar-refractivity contribution is 9.10. The average molecular weight is 461 g/mol. The molecular formula is C21H25BrN4O3. The Kier molecular flexibility index (Phi) is 6.84. The number of hydrogen-bond donors (Lipinski definition) is 2. The number of nitrogens with zero attached hydrogens (tertiary/aromatic N) is 2. The summed E-state index contributed by atoms with van der Waals surface area (Å²) in [5.74, 6) is 1.05. The van der Waals surface area contributed by atoms with Gasteiger partial charge in [0.25, 0.3) is 11.8 Å². The van der Waals surface area contributed by atoms with Crippen LogP contribution < -0.4 is 10.7 Å². The van der Waals surface area contributed by atoms with Gasteiger partial charge in [0, 0.05) is 41.0 Å². The highest BCUT2D eigenvalue weighted by Gasteiger charge is 2.28. The number of hydrazone groups is 1. The molecule has 2 heterocycles. The predicted molar refractivity (Wildman–Crippen MR) is 114 cm³/mol. The standard InChI is InChI=1S/C21H25BrN4O3/c1-12(2)7-8-24-21(28)19-13(3)18-16(5-4-6-17(18)29-19)25-26-20(27)14-9-15(22)11-23-10-14/h9-12H,4-8H2,1-3H3,(H,24,28)(H,26,27)/b25-16+. The molecule has 0 bridgehead atoms. The van der Waals surface area contributed by atoms with Crippen molar-refractivity contribution in [1.82, 2.24) is 15.7 Å². The SMILES string of the molecule is Cc1c(C(=O)NCCC(C)C)oc2c1/C(=N/NC(=O)c1cncc(Br)c1)CCC2. The van der Waals surface area contributed by atoms with Gasteiger partial charge >= 0.3 is 0 Å². The number of halogens is 1. The summed E-state index contributed by atoms with van der Waals surface area (Å²) in [5, 5.41) is 7.25. The van der Waals surface area contributed by atoms with Crippen molar-refractivity contribution < 1.29 is 14.0 Å². The largest absolute Gasteiger partial charge is 0.455 e. The molecule has 0 fully saturated rings. The lowest BCUT2D eigenvalue weighted by Crippen LogP contribution is -2.25. The number of furan rings is 1. The van der Waals surface area contributed by atoms with Crippen LogP contribution in [0.3, 0.4) is 0 Å². The third kappa shape index (κ3) is 5.12. The Balaban J connectivity index is 1.77. The number of fused-ring (bicyclic) bond motifs is 1. The van der Waals surface area contributed by atoms with Crippen molar-refractivity contribution in [3.63, 3.8) is 0 Å². The van der Waals surface area contributed by atoms with Crippen molar-refractivity contribution in [2.45, 2.75) is 46.5 Å². The zero-order valence-electron chi connectivity index (χ0n) is 16.8. The highest BCUT2D eigenvalue weighted by Crippen LogP contribution is 2.29. The van der Waals surface area contributed by atoms with Crippen molar-refractivity contribution in [3.8, 4) is 0 Å². The maximum atomic E-state index is 12.5.